The van der Waals surface area contributed by atoms with E-state index >= 15 is 0 Å². The highest BCUT2D eigenvalue weighted by Gasteiger charge is 2.10. The molecule has 0 saturated carbocycles. The molecule has 3 rings (SSSR count). The zero-order valence-corrected chi connectivity index (χ0v) is 17.5. The first kappa shape index (κ1) is 20.0. The first-order valence-corrected chi connectivity index (χ1v) is 9.60. The maximum Gasteiger partial charge on any atom is 0.257 e. The van der Waals surface area contributed by atoms with Crippen LogP contribution in [0.4, 0.5) is 5.69 Å². The number of aromatic amines is 1. The molecule has 3 aromatic rings. The van der Waals surface area contributed by atoms with Crippen LogP contribution in [0.2, 0.25) is 5.02 Å². The first-order valence-electron chi connectivity index (χ1n) is 8.81. The van der Waals surface area contributed by atoms with E-state index in [4.69, 9.17) is 23.8 Å². The van der Waals surface area contributed by atoms with Gasteiger partial charge in [0.25, 0.3) is 5.91 Å². The van der Waals surface area contributed by atoms with Crippen molar-refractivity contribution in [3.8, 4) is 0 Å². The van der Waals surface area contributed by atoms with Crippen LogP contribution in [0.15, 0.2) is 42.5 Å². The summed E-state index contributed by atoms with van der Waals surface area (Å²) >= 11 is 11.3. The third-order valence-electron chi connectivity index (χ3n) is 4.53. The molecule has 0 bridgehead atoms. The van der Waals surface area contributed by atoms with Gasteiger partial charge in [0.15, 0.2) is 5.11 Å². The summed E-state index contributed by atoms with van der Waals surface area (Å²) in [5.41, 5.74) is 6.65. The highest BCUT2D eigenvalue weighted by atomic mass is 35.5. The number of carbonyl (C=O) groups excluding carboxylic acids is 1. The molecule has 0 aliphatic carbocycles. The monoisotopic (exact) mass is 412 g/mol. The summed E-state index contributed by atoms with van der Waals surface area (Å²) in [6.07, 6.45) is 0.809. The lowest BCUT2D eigenvalue weighted by molar-refractivity contribution is 0.0977. The smallest absolute Gasteiger partial charge is 0.257 e. The Kier molecular flexibility index (Phi) is 6.11. The van der Waals surface area contributed by atoms with Crippen molar-refractivity contribution in [2.75, 3.05) is 5.32 Å². The number of benzene rings is 2. The number of H-pyrrole nitrogens is 1. The number of amides is 1. The fourth-order valence-electron chi connectivity index (χ4n) is 2.82. The van der Waals surface area contributed by atoms with Crippen molar-refractivity contribution in [2.45, 2.75) is 27.2 Å². The summed E-state index contributed by atoms with van der Waals surface area (Å²) < 4.78 is 0. The molecule has 1 heterocycles. The van der Waals surface area contributed by atoms with Gasteiger partial charge < -0.3 is 5.32 Å². The van der Waals surface area contributed by atoms with E-state index in [1.54, 1.807) is 18.2 Å². The molecule has 0 atom stereocenters. The molecule has 0 unspecified atom stereocenters. The van der Waals surface area contributed by atoms with E-state index in [1.807, 2.05) is 45.0 Å². The third-order valence-corrected chi connectivity index (χ3v) is 5.15. The molecule has 1 amide bonds. The van der Waals surface area contributed by atoms with Gasteiger partial charge in [-0.05, 0) is 68.4 Å². The maximum atomic E-state index is 12.3. The quantitative estimate of drug-likeness (QED) is 0.543. The molecule has 3 N–H and O–H groups in total. The molecule has 0 spiro atoms. The number of carbonyl (C=O) groups is 1. The van der Waals surface area contributed by atoms with E-state index in [9.17, 15) is 4.79 Å². The van der Waals surface area contributed by atoms with Crippen molar-refractivity contribution in [1.82, 2.24) is 15.5 Å². The van der Waals surface area contributed by atoms with Crippen LogP contribution in [0.25, 0.3) is 0 Å². The van der Waals surface area contributed by atoms with Crippen LogP contribution in [0.5, 0.6) is 0 Å². The van der Waals surface area contributed by atoms with E-state index in [-0.39, 0.29) is 11.0 Å². The minimum absolute atomic E-state index is 0.232. The Labute approximate surface area is 174 Å². The lowest BCUT2D eigenvalue weighted by Gasteiger charge is -2.11. The average molecular weight is 413 g/mol. The summed E-state index contributed by atoms with van der Waals surface area (Å²) in [4.78, 5) is 12.3. The minimum Gasteiger partial charge on any atom is -0.332 e. The summed E-state index contributed by atoms with van der Waals surface area (Å²) in [6, 6.07) is 13.1. The number of halogens is 1. The Hall–Kier alpha value is -2.70. The van der Waals surface area contributed by atoms with E-state index < -0.39 is 0 Å². The predicted molar refractivity (Wildman–Crippen MR) is 117 cm³/mol. The van der Waals surface area contributed by atoms with Crippen molar-refractivity contribution in [3.63, 3.8) is 0 Å². The number of hydrogen-bond donors (Lipinski definition) is 3. The van der Waals surface area contributed by atoms with Gasteiger partial charge in [-0.25, -0.2) is 0 Å². The van der Waals surface area contributed by atoms with Crippen molar-refractivity contribution in [1.29, 1.82) is 0 Å². The SMILES string of the molecule is Cc1ccc(C(=O)NC(=S)Nc2ccc(Cc3c(C)n[nH]c3C)cc2)cc1Cl. The summed E-state index contributed by atoms with van der Waals surface area (Å²) in [6.45, 7) is 5.90. The Morgan fingerprint density at radius 1 is 1.14 bits per heavy atom. The van der Waals surface area contributed by atoms with Gasteiger partial charge >= 0.3 is 0 Å². The predicted octanol–water partition coefficient (Wildman–Crippen LogP) is 4.71. The number of anilines is 1. The Balaban J connectivity index is 1.59. The molecule has 0 radical (unpaired) electrons. The molecule has 0 aliphatic rings. The zero-order valence-electron chi connectivity index (χ0n) is 15.9. The van der Waals surface area contributed by atoms with Crippen molar-refractivity contribution in [3.05, 3.63) is 81.1 Å². The normalized spacial score (nSPS) is 10.6. The van der Waals surface area contributed by atoms with Gasteiger partial charge in [0.05, 0.1) is 5.69 Å². The topological polar surface area (TPSA) is 69.8 Å². The first-order chi connectivity index (χ1) is 13.3. The van der Waals surface area contributed by atoms with Gasteiger partial charge in [-0.3, -0.25) is 15.2 Å². The molecular weight excluding hydrogens is 392 g/mol. The van der Waals surface area contributed by atoms with Crippen molar-refractivity contribution >= 4 is 40.5 Å². The van der Waals surface area contributed by atoms with Gasteiger partial charge in [-0.1, -0.05) is 29.8 Å². The van der Waals surface area contributed by atoms with E-state index in [0.717, 1.165) is 29.1 Å². The van der Waals surface area contributed by atoms with Crippen LogP contribution in [0, 0.1) is 20.8 Å². The molecule has 1 aromatic heterocycles. The second-order valence-electron chi connectivity index (χ2n) is 6.66. The fraction of sp³-hybridized carbons (Fsp3) is 0.190. The second kappa shape index (κ2) is 8.54. The summed E-state index contributed by atoms with van der Waals surface area (Å²) in [5, 5.41) is 13.7. The minimum atomic E-state index is -0.304. The molecule has 0 fully saturated rings. The summed E-state index contributed by atoms with van der Waals surface area (Å²) in [7, 11) is 0. The number of aromatic nitrogens is 2. The Bertz CT molecular complexity index is 1010. The molecule has 144 valence electrons. The van der Waals surface area contributed by atoms with Crippen LogP contribution in [-0.2, 0) is 6.42 Å². The molecular formula is C21H21ClN4OS. The number of nitrogens with zero attached hydrogens (tertiary/aromatic N) is 1. The molecule has 2 aromatic carbocycles. The maximum absolute atomic E-state index is 12.3. The lowest BCUT2D eigenvalue weighted by Crippen LogP contribution is -2.34. The molecule has 5 nitrogen and oxygen atoms in total. The van der Waals surface area contributed by atoms with Gasteiger partial charge in [0.1, 0.15) is 0 Å². The number of hydrogen-bond acceptors (Lipinski definition) is 3. The average Bonchev–Trinajstić information content (AvgIpc) is 2.97. The lowest BCUT2D eigenvalue weighted by atomic mass is 10.0. The van der Waals surface area contributed by atoms with Crippen LogP contribution in [0.3, 0.4) is 0 Å². The number of rotatable bonds is 4. The Morgan fingerprint density at radius 2 is 1.86 bits per heavy atom. The number of thiocarbonyl (C=S) groups is 1. The van der Waals surface area contributed by atoms with E-state index in [2.05, 4.69) is 20.8 Å². The Morgan fingerprint density at radius 3 is 2.46 bits per heavy atom. The molecule has 0 saturated heterocycles. The van der Waals surface area contributed by atoms with Crippen molar-refractivity contribution < 1.29 is 4.79 Å². The van der Waals surface area contributed by atoms with Gasteiger partial charge in [-0.15, -0.1) is 0 Å². The van der Waals surface area contributed by atoms with Gasteiger partial charge in [0, 0.05) is 34.0 Å². The van der Waals surface area contributed by atoms with E-state index in [1.165, 1.54) is 11.1 Å². The highest BCUT2D eigenvalue weighted by Crippen LogP contribution is 2.18. The molecule has 0 aliphatic heterocycles. The summed E-state index contributed by atoms with van der Waals surface area (Å²) in [5.74, 6) is -0.304. The largest absolute Gasteiger partial charge is 0.332 e. The second-order valence-corrected chi connectivity index (χ2v) is 7.47. The number of aryl methyl sites for hydroxylation is 3. The van der Waals surface area contributed by atoms with Crippen LogP contribution in [-0.4, -0.2) is 21.2 Å². The standard InChI is InChI=1S/C21H21ClN4OS/c1-12-4-7-16(11-19(12)22)20(27)24-21(28)23-17-8-5-15(6-9-17)10-18-13(2)25-26-14(18)3/h4-9,11H,10H2,1-3H3,(H,25,26)(H2,23,24,27,28). The van der Waals surface area contributed by atoms with Crippen LogP contribution in [0.1, 0.15) is 38.4 Å². The van der Waals surface area contributed by atoms with Crippen molar-refractivity contribution in [2.24, 2.45) is 0 Å². The fourth-order valence-corrected chi connectivity index (χ4v) is 3.21. The van der Waals surface area contributed by atoms with Gasteiger partial charge in [0.2, 0.25) is 0 Å². The third kappa shape index (κ3) is 4.77. The highest BCUT2D eigenvalue weighted by molar-refractivity contribution is 7.80. The molecule has 28 heavy (non-hydrogen) atoms. The van der Waals surface area contributed by atoms with E-state index in [0.29, 0.717) is 10.6 Å². The molecule has 7 heteroatoms. The zero-order chi connectivity index (χ0) is 20.3. The number of nitrogens with one attached hydrogen (secondary N) is 3. The van der Waals surface area contributed by atoms with Crippen LogP contribution >= 0.6 is 23.8 Å². The van der Waals surface area contributed by atoms with Gasteiger partial charge in [-0.2, -0.15) is 5.10 Å². The van der Waals surface area contributed by atoms with Crippen LogP contribution < -0.4 is 10.6 Å².